The molecule has 5 aromatic rings. The van der Waals surface area contributed by atoms with Crippen molar-refractivity contribution >= 4 is 56.8 Å². The summed E-state index contributed by atoms with van der Waals surface area (Å²) >= 11 is 7.93. The normalized spacial score (nSPS) is 15.6. The summed E-state index contributed by atoms with van der Waals surface area (Å²) < 4.78 is 5.91. The van der Waals surface area contributed by atoms with Gasteiger partial charge in [0.25, 0.3) is 0 Å². The molecule has 4 heterocycles. The Morgan fingerprint density at radius 2 is 2.00 bits per heavy atom. The molecule has 1 atom stereocenters. The number of rotatable bonds is 4. The molecule has 0 bridgehead atoms. The van der Waals surface area contributed by atoms with Gasteiger partial charge < -0.3 is 10.2 Å². The lowest BCUT2D eigenvalue weighted by Crippen LogP contribution is -2.38. The minimum atomic E-state index is -0.316. The molecule has 3 aromatic heterocycles. The van der Waals surface area contributed by atoms with Crippen molar-refractivity contribution in [3.8, 4) is 10.6 Å². The van der Waals surface area contributed by atoms with Crippen molar-refractivity contribution in [3.05, 3.63) is 89.4 Å². The van der Waals surface area contributed by atoms with Crippen molar-refractivity contribution in [2.45, 2.75) is 13.0 Å². The smallest absolute Gasteiger partial charge is 0.302 e. The van der Waals surface area contributed by atoms with Gasteiger partial charge in [-0.05, 0) is 55.0 Å². The number of guanidine groups is 1. The van der Waals surface area contributed by atoms with E-state index in [1.807, 2.05) is 54.3 Å². The molecule has 6 rings (SSSR count). The third-order valence-electron chi connectivity index (χ3n) is 5.59. The second-order valence-corrected chi connectivity index (χ2v) is 9.43. The van der Waals surface area contributed by atoms with Crippen molar-refractivity contribution in [2.24, 2.45) is 4.99 Å². The Bertz CT molecular complexity index is 1630. The number of fused-ring (bicyclic) bond motifs is 1. The van der Waals surface area contributed by atoms with E-state index in [1.54, 1.807) is 30.6 Å². The molecule has 1 unspecified atom stereocenters. The highest BCUT2D eigenvalue weighted by molar-refractivity contribution is 7.18. The van der Waals surface area contributed by atoms with Gasteiger partial charge in [-0.1, -0.05) is 41.1 Å². The maximum atomic E-state index is 6.50. The second-order valence-electron chi connectivity index (χ2n) is 8.07. The first kappa shape index (κ1) is 22.2. The highest BCUT2D eigenvalue weighted by Gasteiger charge is 2.28. The number of aliphatic imine (C=N–C) groups is 1. The number of allylic oxidation sites excluding steroid dienone is 1. The fourth-order valence-corrected chi connectivity index (χ4v) is 5.05. The van der Waals surface area contributed by atoms with Crippen LogP contribution in [0.2, 0.25) is 5.02 Å². The number of benzene rings is 2. The van der Waals surface area contributed by atoms with Gasteiger partial charge in [0.15, 0.2) is 10.6 Å². The van der Waals surface area contributed by atoms with E-state index in [-0.39, 0.29) is 12.1 Å². The zero-order chi connectivity index (χ0) is 24.6. The molecule has 0 aliphatic carbocycles. The van der Waals surface area contributed by atoms with Crippen molar-refractivity contribution in [3.63, 3.8) is 0 Å². The number of nitrogens with one attached hydrogen (secondary N) is 1. The van der Waals surface area contributed by atoms with E-state index in [0.717, 1.165) is 21.8 Å². The average Bonchev–Trinajstić information content (AvgIpc) is 3.51. The van der Waals surface area contributed by atoms with Crippen LogP contribution >= 0.6 is 22.9 Å². The van der Waals surface area contributed by atoms with Crippen LogP contribution in [-0.2, 0) is 0 Å². The van der Waals surface area contributed by atoms with E-state index in [2.05, 4.69) is 25.5 Å². The van der Waals surface area contributed by atoms with Crippen LogP contribution in [0.1, 0.15) is 18.5 Å². The number of aromatic nitrogens is 4. The minimum Gasteiger partial charge on any atom is -0.423 e. The van der Waals surface area contributed by atoms with Gasteiger partial charge >= 0.3 is 6.01 Å². The number of pyridine rings is 1. The average molecular weight is 515 g/mol. The summed E-state index contributed by atoms with van der Waals surface area (Å²) in [6.07, 6.45) is 5.51. The molecular formula is C25H19ClN8OS. The molecule has 0 fully saturated rings. The van der Waals surface area contributed by atoms with Gasteiger partial charge in [0.05, 0.1) is 0 Å². The van der Waals surface area contributed by atoms with Gasteiger partial charge in [-0.25, -0.2) is 4.99 Å². The molecule has 11 heteroatoms. The molecule has 0 saturated carbocycles. The molecule has 1 aliphatic heterocycles. The minimum absolute atomic E-state index is 0.281. The Kier molecular flexibility index (Phi) is 5.59. The fraction of sp³-hybridized carbons (Fsp3) is 0.0800. The number of oxazole rings is 1. The van der Waals surface area contributed by atoms with Crippen LogP contribution in [0.4, 0.5) is 16.8 Å². The van der Waals surface area contributed by atoms with Crippen molar-refractivity contribution in [1.29, 1.82) is 0 Å². The van der Waals surface area contributed by atoms with Gasteiger partial charge in [0.1, 0.15) is 11.6 Å². The van der Waals surface area contributed by atoms with Crippen LogP contribution < -0.4 is 16.0 Å². The van der Waals surface area contributed by atoms with E-state index < -0.39 is 0 Å². The van der Waals surface area contributed by atoms with Crippen LogP contribution in [0.15, 0.2) is 88.2 Å². The summed E-state index contributed by atoms with van der Waals surface area (Å²) in [7, 11) is 0. The first-order valence-corrected chi connectivity index (χ1v) is 12.2. The fourth-order valence-electron chi connectivity index (χ4n) is 3.91. The van der Waals surface area contributed by atoms with Crippen molar-refractivity contribution in [1.82, 2.24) is 20.2 Å². The van der Waals surface area contributed by atoms with Crippen LogP contribution in [0, 0.1) is 0 Å². The molecule has 2 aromatic carbocycles. The molecule has 1 aliphatic rings. The largest absolute Gasteiger partial charge is 0.423 e. The Hall–Kier alpha value is -4.28. The number of anilines is 3. The van der Waals surface area contributed by atoms with Crippen molar-refractivity contribution in [2.75, 3.05) is 16.0 Å². The maximum absolute atomic E-state index is 6.50. The Morgan fingerprint density at radius 1 is 1.11 bits per heavy atom. The molecule has 9 nitrogen and oxygen atoms in total. The summed E-state index contributed by atoms with van der Waals surface area (Å²) in [6.45, 7) is 1.98. The molecule has 0 spiro atoms. The summed E-state index contributed by atoms with van der Waals surface area (Å²) in [5, 5.41) is 14.1. The zero-order valence-corrected chi connectivity index (χ0v) is 20.5. The van der Waals surface area contributed by atoms with Gasteiger partial charge in [0, 0.05) is 34.4 Å². The van der Waals surface area contributed by atoms with E-state index in [4.69, 9.17) is 26.7 Å². The number of nitrogens with zero attached hydrogens (tertiary/aromatic N) is 6. The maximum Gasteiger partial charge on any atom is 0.302 e. The van der Waals surface area contributed by atoms with Crippen LogP contribution in [0.25, 0.3) is 21.7 Å². The van der Waals surface area contributed by atoms with Gasteiger partial charge in [0.2, 0.25) is 11.1 Å². The standard InChI is InChI=1S/C25H19ClN8OS/c1-14-11-19(17-6-2-3-7-18(17)26)29-23(31-24-30-20-12-16(27)8-9-21(20)35-24)34(14)25-33-32-22(36-25)15-5-4-10-28-13-15/h2-13,19H,27H2,1H3,(H,29,30,31). The molecular weight excluding hydrogens is 496 g/mol. The molecule has 0 radical (unpaired) electrons. The molecule has 36 heavy (non-hydrogen) atoms. The predicted octanol–water partition coefficient (Wildman–Crippen LogP) is 5.91. The Morgan fingerprint density at radius 3 is 2.83 bits per heavy atom. The second kappa shape index (κ2) is 9.06. The van der Waals surface area contributed by atoms with Crippen LogP contribution in [0.3, 0.4) is 0 Å². The lowest BCUT2D eigenvalue weighted by atomic mass is 10.1. The van der Waals surface area contributed by atoms with Crippen molar-refractivity contribution < 1.29 is 4.42 Å². The van der Waals surface area contributed by atoms with Crippen LogP contribution in [-0.4, -0.2) is 26.1 Å². The van der Waals surface area contributed by atoms with Crippen LogP contribution in [0.5, 0.6) is 0 Å². The third-order valence-corrected chi connectivity index (χ3v) is 6.89. The van der Waals surface area contributed by atoms with Gasteiger partial charge in [-0.2, -0.15) is 4.98 Å². The quantitative estimate of drug-likeness (QED) is 0.284. The molecule has 3 N–H and O–H groups in total. The van der Waals surface area contributed by atoms with E-state index in [0.29, 0.717) is 32.9 Å². The Labute approximate surface area is 215 Å². The van der Waals surface area contributed by atoms with E-state index in [1.165, 1.54) is 11.3 Å². The summed E-state index contributed by atoms with van der Waals surface area (Å²) in [6, 6.07) is 16.7. The SMILES string of the molecule is CC1=CC(c2ccccc2Cl)N=C(Nc2nc3cc(N)ccc3o2)N1c1nnc(-c2cccnc2)s1. The third kappa shape index (κ3) is 4.16. The zero-order valence-electron chi connectivity index (χ0n) is 19.0. The highest BCUT2D eigenvalue weighted by atomic mass is 35.5. The summed E-state index contributed by atoms with van der Waals surface area (Å²) in [5.41, 5.74) is 10.4. The van der Waals surface area contributed by atoms with E-state index >= 15 is 0 Å². The number of halogens is 1. The monoisotopic (exact) mass is 514 g/mol. The number of nitrogen functional groups attached to an aromatic ring is 1. The first-order chi connectivity index (χ1) is 17.5. The van der Waals surface area contributed by atoms with Gasteiger partial charge in [-0.15, -0.1) is 10.2 Å². The predicted molar refractivity (Wildman–Crippen MR) is 143 cm³/mol. The molecule has 178 valence electrons. The number of hydrogen-bond donors (Lipinski definition) is 2. The highest BCUT2D eigenvalue weighted by Crippen LogP contribution is 2.36. The topological polar surface area (TPSA) is 118 Å². The summed E-state index contributed by atoms with van der Waals surface area (Å²) in [5.74, 6) is 0.480. The summed E-state index contributed by atoms with van der Waals surface area (Å²) in [4.78, 5) is 15.6. The first-order valence-electron chi connectivity index (χ1n) is 11.0. The Balaban J connectivity index is 1.41. The number of nitrogens with two attached hydrogens (primary N) is 1. The lowest BCUT2D eigenvalue weighted by molar-refractivity contribution is 0.623. The van der Waals surface area contributed by atoms with Gasteiger partial charge in [-0.3, -0.25) is 15.2 Å². The number of hydrogen-bond acceptors (Lipinski definition) is 10. The molecule has 0 amide bonds. The molecule has 0 saturated heterocycles. The lowest BCUT2D eigenvalue weighted by Gasteiger charge is -2.29. The van der Waals surface area contributed by atoms with E-state index in [9.17, 15) is 0 Å².